The van der Waals surface area contributed by atoms with E-state index in [9.17, 15) is 14.9 Å². The zero-order valence-corrected chi connectivity index (χ0v) is 12.6. The molecule has 0 spiro atoms. The van der Waals surface area contributed by atoms with Crippen molar-refractivity contribution in [3.63, 3.8) is 0 Å². The molecule has 0 aliphatic rings. The topological polar surface area (TPSA) is 93.8 Å². The summed E-state index contributed by atoms with van der Waals surface area (Å²) in [6, 6.07) is 12.4. The van der Waals surface area contributed by atoms with Crippen molar-refractivity contribution in [1.82, 2.24) is 5.43 Å². The minimum atomic E-state index is -0.489. The second-order valence-corrected chi connectivity index (χ2v) is 4.82. The summed E-state index contributed by atoms with van der Waals surface area (Å²) in [5.41, 5.74) is 2.90. The number of hydrazone groups is 1. The third-order valence-electron chi connectivity index (χ3n) is 2.69. The maximum Gasteiger partial charge on any atom is 0.277 e. The molecule has 2 rings (SSSR count). The Morgan fingerprint density at radius 1 is 1.22 bits per heavy atom. The summed E-state index contributed by atoms with van der Waals surface area (Å²) in [6.45, 7) is -0.195. The van der Waals surface area contributed by atoms with Crippen molar-refractivity contribution in [3.05, 3.63) is 69.2 Å². The van der Waals surface area contributed by atoms with E-state index in [1.807, 2.05) is 0 Å². The van der Waals surface area contributed by atoms with Gasteiger partial charge in [0.25, 0.3) is 11.6 Å². The molecule has 1 amide bonds. The zero-order chi connectivity index (χ0) is 16.7. The summed E-state index contributed by atoms with van der Waals surface area (Å²) in [5.74, 6) is 0.0852. The van der Waals surface area contributed by atoms with Crippen LogP contribution in [0.3, 0.4) is 0 Å². The summed E-state index contributed by atoms with van der Waals surface area (Å²) in [6.07, 6.45) is 1.38. The van der Waals surface area contributed by atoms with Crippen LogP contribution in [0, 0.1) is 10.1 Å². The van der Waals surface area contributed by atoms with Crippen LogP contribution in [0.25, 0.3) is 0 Å². The fraction of sp³-hybridized carbons (Fsp3) is 0.0667. The molecule has 0 fully saturated rings. The molecular weight excluding hydrogens is 322 g/mol. The lowest BCUT2D eigenvalue weighted by Gasteiger charge is -2.04. The highest BCUT2D eigenvalue weighted by atomic mass is 35.5. The number of nitro groups is 1. The predicted molar refractivity (Wildman–Crippen MR) is 85.8 cm³/mol. The minimum Gasteiger partial charge on any atom is -0.484 e. The van der Waals surface area contributed by atoms with Crippen LogP contribution in [0.4, 0.5) is 5.69 Å². The van der Waals surface area contributed by atoms with E-state index in [-0.39, 0.29) is 12.3 Å². The van der Waals surface area contributed by atoms with Gasteiger partial charge in [-0.15, -0.1) is 0 Å². The van der Waals surface area contributed by atoms with Crippen LogP contribution < -0.4 is 10.2 Å². The molecule has 0 atom stereocenters. The summed E-state index contributed by atoms with van der Waals surface area (Å²) in [4.78, 5) is 21.6. The molecule has 1 N–H and O–H groups in total. The Morgan fingerprint density at radius 2 is 1.87 bits per heavy atom. The number of nitrogens with zero attached hydrogens (tertiary/aromatic N) is 2. The van der Waals surface area contributed by atoms with Crippen LogP contribution >= 0.6 is 11.6 Å². The zero-order valence-electron chi connectivity index (χ0n) is 11.8. The van der Waals surface area contributed by atoms with Crippen molar-refractivity contribution in [2.75, 3.05) is 6.61 Å². The molecule has 8 heteroatoms. The number of carbonyl (C=O) groups is 1. The van der Waals surface area contributed by atoms with Crippen LogP contribution in [0.1, 0.15) is 5.56 Å². The van der Waals surface area contributed by atoms with E-state index in [0.717, 1.165) is 0 Å². The van der Waals surface area contributed by atoms with Gasteiger partial charge in [-0.3, -0.25) is 14.9 Å². The number of amides is 1. The molecule has 23 heavy (non-hydrogen) atoms. The lowest BCUT2D eigenvalue weighted by atomic mass is 10.2. The average molecular weight is 334 g/mol. The smallest absolute Gasteiger partial charge is 0.277 e. The fourth-order valence-corrected chi connectivity index (χ4v) is 1.70. The normalized spacial score (nSPS) is 10.5. The molecule has 0 aliphatic heterocycles. The van der Waals surface area contributed by atoms with Gasteiger partial charge in [0.05, 0.1) is 11.1 Å². The van der Waals surface area contributed by atoms with Crippen LogP contribution in [0.15, 0.2) is 53.6 Å². The molecule has 0 saturated heterocycles. The monoisotopic (exact) mass is 333 g/mol. The van der Waals surface area contributed by atoms with E-state index in [1.165, 1.54) is 30.5 Å². The van der Waals surface area contributed by atoms with E-state index in [2.05, 4.69) is 10.5 Å². The van der Waals surface area contributed by atoms with Crippen molar-refractivity contribution < 1.29 is 14.5 Å². The average Bonchev–Trinajstić information content (AvgIpc) is 2.55. The highest BCUT2D eigenvalue weighted by molar-refractivity contribution is 6.30. The molecule has 0 heterocycles. The second kappa shape index (κ2) is 7.90. The lowest BCUT2D eigenvalue weighted by molar-refractivity contribution is -0.384. The highest BCUT2D eigenvalue weighted by Gasteiger charge is 2.03. The van der Waals surface area contributed by atoms with Crippen LogP contribution in [0.2, 0.25) is 5.02 Å². The summed E-state index contributed by atoms with van der Waals surface area (Å²) in [5, 5.41) is 14.8. The molecule has 2 aromatic rings. The third kappa shape index (κ3) is 5.40. The molecule has 2 aromatic carbocycles. The van der Waals surface area contributed by atoms with Gasteiger partial charge in [0, 0.05) is 17.2 Å². The number of halogens is 1. The Morgan fingerprint density at radius 3 is 2.48 bits per heavy atom. The van der Waals surface area contributed by atoms with Gasteiger partial charge in [0.1, 0.15) is 5.75 Å². The van der Waals surface area contributed by atoms with Gasteiger partial charge in [0.2, 0.25) is 0 Å². The Kier molecular flexibility index (Phi) is 5.65. The molecule has 0 aromatic heterocycles. The van der Waals surface area contributed by atoms with Gasteiger partial charge in [0.15, 0.2) is 6.61 Å². The van der Waals surface area contributed by atoms with Crippen LogP contribution in [0.5, 0.6) is 5.75 Å². The molecule has 0 radical (unpaired) electrons. The number of nitro benzene ring substituents is 1. The molecule has 0 unspecified atom stereocenters. The van der Waals surface area contributed by atoms with Crippen LogP contribution in [-0.4, -0.2) is 23.7 Å². The minimum absolute atomic E-state index is 0.0115. The van der Waals surface area contributed by atoms with Gasteiger partial charge < -0.3 is 4.74 Å². The molecular formula is C15H12ClN3O4. The van der Waals surface area contributed by atoms with E-state index >= 15 is 0 Å². The first-order chi connectivity index (χ1) is 11.0. The maximum absolute atomic E-state index is 11.6. The first-order valence-electron chi connectivity index (χ1n) is 6.49. The largest absolute Gasteiger partial charge is 0.484 e. The number of rotatable bonds is 6. The van der Waals surface area contributed by atoms with E-state index in [1.54, 1.807) is 24.3 Å². The Bertz CT molecular complexity index is 715. The standard InChI is InChI=1S/C15H12ClN3O4/c16-12-3-7-14(8-4-12)23-10-15(20)18-17-9-11-1-5-13(6-2-11)19(21)22/h1-9H,10H2,(H,18,20). The van der Waals surface area contributed by atoms with Crippen molar-refractivity contribution in [1.29, 1.82) is 0 Å². The number of ether oxygens (including phenoxy) is 1. The first-order valence-corrected chi connectivity index (χ1v) is 6.87. The predicted octanol–water partition coefficient (Wildman–Crippen LogP) is 2.78. The fourth-order valence-electron chi connectivity index (χ4n) is 1.57. The highest BCUT2D eigenvalue weighted by Crippen LogP contribution is 2.15. The van der Waals surface area contributed by atoms with E-state index in [0.29, 0.717) is 16.3 Å². The van der Waals surface area contributed by atoms with Gasteiger partial charge in [-0.05, 0) is 42.0 Å². The van der Waals surface area contributed by atoms with Crippen molar-refractivity contribution in [2.24, 2.45) is 5.10 Å². The molecule has 7 nitrogen and oxygen atoms in total. The Balaban J connectivity index is 1.79. The van der Waals surface area contributed by atoms with Gasteiger partial charge in [-0.2, -0.15) is 5.10 Å². The molecule has 0 aliphatic carbocycles. The number of benzene rings is 2. The third-order valence-corrected chi connectivity index (χ3v) is 2.94. The number of carbonyl (C=O) groups excluding carboxylic acids is 1. The van der Waals surface area contributed by atoms with Gasteiger partial charge in [-0.1, -0.05) is 11.6 Å². The van der Waals surface area contributed by atoms with E-state index in [4.69, 9.17) is 16.3 Å². The van der Waals surface area contributed by atoms with Crippen molar-refractivity contribution in [2.45, 2.75) is 0 Å². The quantitative estimate of drug-likeness (QED) is 0.499. The van der Waals surface area contributed by atoms with Crippen LogP contribution in [-0.2, 0) is 4.79 Å². The molecule has 0 bridgehead atoms. The number of nitrogens with one attached hydrogen (secondary N) is 1. The number of non-ortho nitro benzene ring substituents is 1. The number of hydrogen-bond acceptors (Lipinski definition) is 5. The second-order valence-electron chi connectivity index (χ2n) is 4.38. The van der Waals surface area contributed by atoms with E-state index < -0.39 is 10.8 Å². The first kappa shape index (κ1) is 16.4. The SMILES string of the molecule is O=C(COc1ccc(Cl)cc1)NN=Cc1ccc([N+](=O)[O-])cc1. The van der Waals surface area contributed by atoms with Gasteiger partial charge in [-0.25, -0.2) is 5.43 Å². The van der Waals surface area contributed by atoms with Crippen molar-refractivity contribution >= 4 is 29.4 Å². The Hall–Kier alpha value is -2.93. The Labute approximate surface area is 136 Å². The number of hydrogen-bond donors (Lipinski definition) is 1. The summed E-state index contributed by atoms with van der Waals surface area (Å²) >= 11 is 5.74. The summed E-state index contributed by atoms with van der Waals surface area (Å²) in [7, 11) is 0. The van der Waals surface area contributed by atoms with Gasteiger partial charge >= 0.3 is 0 Å². The molecule has 0 saturated carbocycles. The lowest BCUT2D eigenvalue weighted by Crippen LogP contribution is -2.24. The molecule has 118 valence electrons. The summed E-state index contributed by atoms with van der Waals surface area (Å²) < 4.78 is 5.25. The van der Waals surface area contributed by atoms with Crippen molar-refractivity contribution in [3.8, 4) is 5.75 Å². The maximum atomic E-state index is 11.6.